The van der Waals surface area contributed by atoms with E-state index in [1.807, 2.05) is 93.6 Å². The van der Waals surface area contributed by atoms with Gasteiger partial charge in [0.15, 0.2) is 0 Å². The van der Waals surface area contributed by atoms with Crippen molar-refractivity contribution < 1.29 is 24.3 Å². The van der Waals surface area contributed by atoms with E-state index in [1.165, 1.54) is 9.80 Å². The van der Waals surface area contributed by atoms with Crippen LogP contribution in [0.5, 0.6) is 5.75 Å². The number of allylic oxidation sites excluding steroid dienone is 2. The zero-order chi connectivity index (χ0) is 33.7. The van der Waals surface area contributed by atoms with Gasteiger partial charge in [-0.25, -0.2) is 4.90 Å². The summed E-state index contributed by atoms with van der Waals surface area (Å²) in [6.07, 6.45) is 2.54. The summed E-state index contributed by atoms with van der Waals surface area (Å²) in [5.41, 5.74) is 0.174. The van der Waals surface area contributed by atoms with Crippen molar-refractivity contribution in [2.45, 2.75) is 50.5 Å². The molecule has 0 aromatic heterocycles. The molecule has 242 valence electrons. The van der Waals surface area contributed by atoms with Crippen LogP contribution >= 0.6 is 11.6 Å². The summed E-state index contributed by atoms with van der Waals surface area (Å²) in [7, 11) is 0. The largest absolute Gasteiger partial charge is 0.507 e. The van der Waals surface area contributed by atoms with Gasteiger partial charge in [0.2, 0.25) is 23.6 Å². The number of amides is 4. The molecule has 8 heteroatoms. The van der Waals surface area contributed by atoms with Crippen molar-refractivity contribution in [3.05, 3.63) is 119 Å². The van der Waals surface area contributed by atoms with Gasteiger partial charge in [0.1, 0.15) is 5.75 Å². The third kappa shape index (κ3) is 4.06. The third-order valence-corrected chi connectivity index (χ3v) is 11.3. The van der Waals surface area contributed by atoms with Gasteiger partial charge in [0, 0.05) is 27.4 Å². The van der Waals surface area contributed by atoms with E-state index in [4.69, 9.17) is 11.6 Å². The Bertz CT molecular complexity index is 2080. The number of benzene rings is 4. The van der Waals surface area contributed by atoms with Gasteiger partial charge in [-0.1, -0.05) is 96.0 Å². The normalized spacial score (nSPS) is 28.4. The smallest absolute Gasteiger partial charge is 0.246 e. The Kier molecular flexibility index (Phi) is 6.77. The van der Waals surface area contributed by atoms with Crippen molar-refractivity contribution in [3.8, 4) is 5.75 Å². The molecule has 0 bridgehead atoms. The lowest BCUT2D eigenvalue weighted by molar-refractivity contribution is -0.145. The summed E-state index contributed by atoms with van der Waals surface area (Å²) in [6, 6.07) is 27.3. The minimum Gasteiger partial charge on any atom is -0.507 e. The SMILES string of the molecule is CC(C)(C)N1C(=O)[C@H]2[C@H](CC=C3[C@H]2C[C@H]2C(=O)N(c4cccc(Cl)c4)C(=O)[C@@]2(c2ccccc2)[C@H]3c2ccc3ccccc3c2O)C1=O. The molecule has 48 heavy (non-hydrogen) atoms. The highest BCUT2D eigenvalue weighted by molar-refractivity contribution is 6.32. The highest BCUT2D eigenvalue weighted by atomic mass is 35.5. The van der Waals surface area contributed by atoms with Crippen LogP contribution in [0.15, 0.2) is 103 Å². The highest BCUT2D eigenvalue weighted by Crippen LogP contribution is 2.65. The molecule has 8 rings (SSSR count). The number of imide groups is 2. The molecule has 1 saturated carbocycles. The van der Waals surface area contributed by atoms with Gasteiger partial charge in [-0.15, -0.1) is 0 Å². The Morgan fingerprint density at radius 3 is 2.27 bits per heavy atom. The fourth-order valence-electron chi connectivity index (χ4n) is 9.25. The van der Waals surface area contributed by atoms with Crippen LogP contribution < -0.4 is 4.90 Å². The second-order valence-corrected chi connectivity index (χ2v) is 14.9. The molecule has 0 unspecified atom stereocenters. The quantitative estimate of drug-likeness (QED) is 0.186. The fourth-order valence-corrected chi connectivity index (χ4v) is 9.44. The lowest BCUT2D eigenvalue weighted by Gasteiger charge is -2.50. The number of aromatic hydroxyl groups is 1. The van der Waals surface area contributed by atoms with Crippen LogP contribution in [0.1, 0.15) is 50.7 Å². The van der Waals surface area contributed by atoms with Crippen LogP contribution in [-0.2, 0) is 24.6 Å². The van der Waals surface area contributed by atoms with Crippen LogP contribution in [0.4, 0.5) is 5.69 Å². The number of phenolic OH excluding ortho intramolecular Hbond substituents is 1. The maximum absolute atomic E-state index is 15.4. The Hall–Kier alpha value is -4.75. The summed E-state index contributed by atoms with van der Waals surface area (Å²) in [5.74, 6) is -4.65. The molecule has 0 spiro atoms. The van der Waals surface area contributed by atoms with Crippen LogP contribution in [0.2, 0.25) is 5.02 Å². The van der Waals surface area contributed by atoms with Crippen molar-refractivity contribution in [1.82, 2.24) is 4.90 Å². The molecule has 2 aliphatic heterocycles. The van der Waals surface area contributed by atoms with Gasteiger partial charge >= 0.3 is 0 Å². The lowest BCUT2D eigenvalue weighted by Crippen LogP contribution is -2.53. The number of halogens is 1. The number of nitrogens with zero attached hydrogens (tertiary/aromatic N) is 2. The number of hydrogen-bond donors (Lipinski definition) is 1. The molecule has 0 radical (unpaired) electrons. The van der Waals surface area contributed by atoms with Crippen molar-refractivity contribution in [1.29, 1.82) is 0 Å². The summed E-state index contributed by atoms with van der Waals surface area (Å²) in [6.45, 7) is 5.56. The van der Waals surface area contributed by atoms with E-state index in [2.05, 4.69) is 0 Å². The molecule has 7 nitrogen and oxygen atoms in total. The highest BCUT2D eigenvalue weighted by Gasteiger charge is 2.70. The predicted octanol–water partition coefficient (Wildman–Crippen LogP) is 7.16. The van der Waals surface area contributed by atoms with Gasteiger partial charge in [-0.3, -0.25) is 24.1 Å². The number of fused-ring (bicyclic) bond motifs is 5. The van der Waals surface area contributed by atoms with E-state index >= 15 is 4.79 Å². The standard InChI is InChI=1S/C40H35ClN2O5/c1-39(2,3)43-35(45)28-19-18-27-30(32(28)37(43)47)21-31-36(46)42(25-14-9-13-24(41)20-25)38(48)40(31,23-11-5-4-6-12-23)33(27)29-17-16-22-10-7-8-15-26(22)34(29)44/h4-18,20,28,30-33,44H,19,21H2,1-3H3/t28-,30+,31-,32-,33+,40+/m0/s1. The molecular formula is C40H35ClN2O5. The van der Waals surface area contributed by atoms with Crippen LogP contribution in [-0.4, -0.2) is 39.2 Å². The van der Waals surface area contributed by atoms with E-state index in [1.54, 1.807) is 24.3 Å². The number of rotatable bonds is 3. The Balaban J connectivity index is 1.42. The second kappa shape index (κ2) is 10.6. The Morgan fingerprint density at radius 1 is 0.812 bits per heavy atom. The van der Waals surface area contributed by atoms with Crippen molar-refractivity contribution in [2.75, 3.05) is 4.90 Å². The number of carbonyl (C=O) groups excluding carboxylic acids is 4. The number of likely N-dealkylation sites (tertiary alicyclic amines) is 1. The van der Waals surface area contributed by atoms with E-state index in [9.17, 15) is 19.5 Å². The molecule has 4 aromatic rings. The third-order valence-electron chi connectivity index (χ3n) is 11.1. The van der Waals surface area contributed by atoms with E-state index in [0.717, 1.165) is 11.0 Å². The molecule has 6 atom stereocenters. The molecular weight excluding hydrogens is 624 g/mol. The van der Waals surface area contributed by atoms with E-state index < -0.39 is 46.5 Å². The van der Waals surface area contributed by atoms with Crippen molar-refractivity contribution in [3.63, 3.8) is 0 Å². The molecule has 2 saturated heterocycles. The van der Waals surface area contributed by atoms with Crippen LogP contribution in [0, 0.1) is 23.7 Å². The fraction of sp³-hybridized carbons (Fsp3) is 0.300. The minimum atomic E-state index is -1.45. The topological polar surface area (TPSA) is 95.0 Å². The minimum absolute atomic E-state index is 0.0300. The van der Waals surface area contributed by atoms with Crippen LogP contribution in [0.25, 0.3) is 10.8 Å². The molecule has 2 heterocycles. The summed E-state index contributed by atoms with van der Waals surface area (Å²) >= 11 is 6.40. The maximum atomic E-state index is 15.4. The maximum Gasteiger partial charge on any atom is 0.246 e. The van der Waals surface area contributed by atoms with Gasteiger partial charge in [-0.05, 0) is 68.7 Å². The molecule has 4 amide bonds. The first kappa shape index (κ1) is 30.6. The number of carbonyl (C=O) groups is 4. The lowest BCUT2D eigenvalue weighted by atomic mass is 9.49. The van der Waals surface area contributed by atoms with Crippen molar-refractivity contribution >= 4 is 51.7 Å². The first-order valence-electron chi connectivity index (χ1n) is 16.4. The zero-order valence-corrected chi connectivity index (χ0v) is 27.6. The average molecular weight is 659 g/mol. The first-order chi connectivity index (χ1) is 23.0. The van der Waals surface area contributed by atoms with E-state index in [-0.39, 0.29) is 29.9 Å². The van der Waals surface area contributed by atoms with Crippen molar-refractivity contribution in [2.24, 2.45) is 23.7 Å². The summed E-state index contributed by atoms with van der Waals surface area (Å²) in [4.78, 5) is 61.0. The number of hydrogen-bond acceptors (Lipinski definition) is 5. The zero-order valence-electron chi connectivity index (χ0n) is 26.9. The van der Waals surface area contributed by atoms with Gasteiger partial charge in [-0.2, -0.15) is 0 Å². The van der Waals surface area contributed by atoms with Gasteiger partial charge in [0.25, 0.3) is 0 Å². The average Bonchev–Trinajstić information content (AvgIpc) is 3.46. The van der Waals surface area contributed by atoms with E-state index in [0.29, 0.717) is 33.6 Å². The van der Waals surface area contributed by atoms with Gasteiger partial charge in [0.05, 0.1) is 28.9 Å². The molecule has 3 fully saturated rings. The second-order valence-electron chi connectivity index (χ2n) is 14.5. The molecule has 4 aliphatic rings. The predicted molar refractivity (Wildman–Crippen MR) is 183 cm³/mol. The molecule has 4 aromatic carbocycles. The Morgan fingerprint density at radius 2 is 1.54 bits per heavy atom. The van der Waals surface area contributed by atoms with Gasteiger partial charge < -0.3 is 5.11 Å². The monoisotopic (exact) mass is 658 g/mol. The Labute approximate surface area is 283 Å². The summed E-state index contributed by atoms with van der Waals surface area (Å²) < 4.78 is 0. The molecule has 2 aliphatic carbocycles. The molecule has 1 N–H and O–H groups in total. The first-order valence-corrected chi connectivity index (χ1v) is 16.8. The number of phenols is 1. The van der Waals surface area contributed by atoms with Crippen LogP contribution in [0.3, 0.4) is 0 Å². The summed E-state index contributed by atoms with van der Waals surface area (Å²) in [5, 5.41) is 13.9. The number of anilines is 1.